The Labute approximate surface area is 117 Å². The van der Waals surface area contributed by atoms with Crippen LogP contribution in [0.15, 0.2) is 53.5 Å². The summed E-state index contributed by atoms with van der Waals surface area (Å²) in [5.41, 5.74) is 8.05. The molecule has 0 saturated heterocycles. The highest BCUT2D eigenvalue weighted by atomic mass is 16.5. The highest BCUT2D eigenvalue weighted by Gasteiger charge is 1.97. The minimum Gasteiger partial charge on any atom is -0.484 e. The minimum atomic E-state index is -0.491. The molecule has 0 unspecified atom stereocenters. The minimum absolute atomic E-state index is 0.114. The van der Waals surface area contributed by atoms with Crippen molar-refractivity contribution in [3.8, 4) is 5.75 Å². The number of rotatable bonds is 5. The molecule has 2 aromatic rings. The zero-order chi connectivity index (χ0) is 14.4. The molecule has 0 atom stereocenters. The normalized spacial score (nSPS) is 10.7. The van der Waals surface area contributed by atoms with Gasteiger partial charge in [0.1, 0.15) is 5.75 Å². The Morgan fingerprint density at radius 2 is 1.90 bits per heavy atom. The Balaban J connectivity index is 2.04. The van der Waals surface area contributed by atoms with Crippen molar-refractivity contribution in [2.24, 2.45) is 10.7 Å². The van der Waals surface area contributed by atoms with Gasteiger partial charge in [-0.3, -0.25) is 9.79 Å². The number of nitrogens with two attached hydrogens (primary N) is 1. The number of aryl methyl sites for hydroxylation is 1. The zero-order valence-corrected chi connectivity index (χ0v) is 11.2. The van der Waals surface area contributed by atoms with Crippen LogP contribution in [0.1, 0.15) is 11.1 Å². The van der Waals surface area contributed by atoms with Crippen LogP contribution in [0.3, 0.4) is 0 Å². The van der Waals surface area contributed by atoms with E-state index in [1.165, 1.54) is 0 Å². The smallest absolute Gasteiger partial charge is 0.255 e. The summed E-state index contributed by atoms with van der Waals surface area (Å²) < 4.78 is 5.19. The second-order valence-electron chi connectivity index (χ2n) is 4.37. The van der Waals surface area contributed by atoms with Crippen LogP contribution >= 0.6 is 0 Å². The quantitative estimate of drug-likeness (QED) is 0.847. The highest BCUT2D eigenvalue weighted by Crippen LogP contribution is 2.17. The van der Waals surface area contributed by atoms with Crippen LogP contribution in [0.2, 0.25) is 0 Å². The molecule has 0 saturated carbocycles. The van der Waals surface area contributed by atoms with E-state index < -0.39 is 5.91 Å². The highest BCUT2D eigenvalue weighted by molar-refractivity contribution is 5.82. The first-order valence-corrected chi connectivity index (χ1v) is 6.26. The molecule has 2 aromatic carbocycles. The van der Waals surface area contributed by atoms with Crippen molar-refractivity contribution in [1.82, 2.24) is 0 Å². The molecule has 4 heteroatoms. The Kier molecular flexibility index (Phi) is 4.50. The van der Waals surface area contributed by atoms with Crippen molar-refractivity contribution >= 4 is 17.8 Å². The van der Waals surface area contributed by atoms with Crippen molar-refractivity contribution in [1.29, 1.82) is 0 Å². The monoisotopic (exact) mass is 268 g/mol. The average molecular weight is 268 g/mol. The lowest BCUT2D eigenvalue weighted by Crippen LogP contribution is -2.19. The van der Waals surface area contributed by atoms with Crippen molar-refractivity contribution in [3.05, 3.63) is 59.7 Å². The summed E-state index contributed by atoms with van der Waals surface area (Å²) in [5, 5.41) is 0. The Hall–Kier alpha value is -2.62. The first-order chi connectivity index (χ1) is 9.65. The lowest BCUT2D eigenvalue weighted by molar-refractivity contribution is -0.119. The molecule has 0 fully saturated rings. The van der Waals surface area contributed by atoms with Crippen LogP contribution in [-0.2, 0) is 4.79 Å². The molecule has 2 N–H and O–H groups in total. The van der Waals surface area contributed by atoms with Crippen LogP contribution in [0.5, 0.6) is 5.75 Å². The number of carbonyl (C=O) groups is 1. The SMILES string of the molecule is Cc1ccccc1N=Cc1ccc(OCC(N)=O)cc1. The summed E-state index contributed by atoms with van der Waals surface area (Å²) in [4.78, 5) is 15.0. The second-order valence-corrected chi connectivity index (χ2v) is 4.37. The third kappa shape index (κ3) is 3.95. The van der Waals surface area contributed by atoms with Gasteiger partial charge in [-0.05, 0) is 48.4 Å². The van der Waals surface area contributed by atoms with Gasteiger partial charge in [0.05, 0.1) is 5.69 Å². The van der Waals surface area contributed by atoms with Gasteiger partial charge in [0.2, 0.25) is 0 Å². The molecule has 102 valence electrons. The van der Waals surface area contributed by atoms with Gasteiger partial charge >= 0.3 is 0 Å². The first kappa shape index (κ1) is 13.8. The molecule has 0 radical (unpaired) electrons. The molecule has 2 rings (SSSR count). The van der Waals surface area contributed by atoms with E-state index in [2.05, 4.69) is 4.99 Å². The lowest BCUT2D eigenvalue weighted by atomic mass is 10.2. The number of primary amides is 1. The first-order valence-electron chi connectivity index (χ1n) is 6.26. The van der Waals surface area contributed by atoms with Crippen LogP contribution in [-0.4, -0.2) is 18.7 Å². The molecule has 0 heterocycles. The van der Waals surface area contributed by atoms with Gasteiger partial charge in [0.25, 0.3) is 5.91 Å². The largest absolute Gasteiger partial charge is 0.484 e. The molecule has 0 aromatic heterocycles. The van der Waals surface area contributed by atoms with E-state index in [1.54, 1.807) is 18.3 Å². The van der Waals surface area contributed by atoms with E-state index in [4.69, 9.17) is 10.5 Å². The Morgan fingerprint density at radius 1 is 1.20 bits per heavy atom. The number of benzene rings is 2. The fourth-order valence-corrected chi connectivity index (χ4v) is 1.66. The summed E-state index contributed by atoms with van der Waals surface area (Å²) in [5.74, 6) is 0.118. The van der Waals surface area contributed by atoms with Crippen LogP contribution in [0, 0.1) is 6.92 Å². The van der Waals surface area contributed by atoms with Gasteiger partial charge in [-0.1, -0.05) is 18.2 Å². The van der Waals surface area contributed by atoms with Gasteiger partial charge in [-0.15, -0.1) is 0 Å². The maximum atomic E-state index is 10.6. The van der Waals surface area contributed by atoms with Gasteiger partial charge in [0.15, 0.2) is 6.61 Å². The number of ether oxygens (including phenoxy) is 1. The maximum Gasteiger partial charge on any atom is 0.255 e. The van der Waals surface area contributed by atoms with E-state index in [1.807, 2.05) is 43.3 Å². The molecular weight excluding hydrogens is 252 g/mol. The molecule has 0 bridgehead atoms. The van der Waals surface area contributed by atoms with Crippen LogP contribution in [0.4, 0.5) is 5.69 Å². The molecular formula is C16H16N2O2. The van der Waals surface area contributed by atoms with E-state index in [-0.39, 0.29) is 6.61 Å². The van der Waals surface area contributed by atoms with E-state index in [0.29, 0.717) is 5.75 Å². The number of para-hydroxylation sites is 1. The predicted octanol–water partition coefficient (Wildman–Crippen LogP) is 2.61. The average Bonchev–Trinajstić information content (AvgIpc) is 2.45. The van der Waals surface area contributed by atoms with E-state index in [9.17, 15) is 4.79 Å². The molecule has 0 aliphatic rings. The zero-order valence-electron chi connectivity index (χ0n) is 11.2. The fourth-order valence-electron chi connectivity index (χ4n) is 1.66. The van der Waals surface area contributed by atoms with Crippen molar-refractivity contribution in [3.63, 3.8) is 0 Å². The molecule has 1 amide bonds. The summed E-state index contributed by atoms with van der Waals surface area (Å²) in [7, 11) is 0. The number of carbonyl (C=O) groups excluding carboxylic acids is 1. The summed E-state index contributed by atoms with van der Waals surface area (Å²) in [6.07, 6.45) is 1.79. The summed E-state index contributed by atoms with van der Waals surface area (Å²) >= 11 is 0. The predicted molar refractivity (Wildman–Crippen MR) is 79.6 cm³/mol. The second kappa shape index (κ2) is 6.52. The number of hydrogen-bond acceptors (Lipinski definition) is 3. The molecule has 4 nitrogen and oxygen atoms in total. The Bertz CT molecular complexity index is 619. The van der Waals surface area contributed by atoms with Gasteiger partial charge < -0.3 is 10.5 Å². The number of hydrogen-bond donors (Lipinski definition) is 1. The maximum absolute atomic E-state index is 10.6. The number of aliphatic imine (C=N–C) groups is 1. The third-order valence-electron chi connectivity index (χ3n) is 2.73. The van der Waals surface area contributed by atoms with Gasteiger partial charge in [0, 0.05) is 6.21 Å². The van der Waals surface area contributed by atoms with Gasteiger partial charge in [-0.2, -0.15) is 0 Å². The van der Waals surface area contributed by atoms with Crippen molar-refractivity contribution in [2.75, 3.05) is 6.61 Å². The third-order valence-corrected chi connectivity index (χ3v) is 2.73. The lowest BCUT2D eigenvalue weighted by Gasteiger charge is -2.03. The van der Waals surface area contributed by atoms with E-state index in [0.717, 1.165) is 16.8 Å². The standard InChI is InChI=1S/C16H16N2O2/c1-12-4-2-3-5-15(12)18-10-13-6-8-14(9-7-13)20-11-16(17)19/h2-10H,11H2,1H3,(H2,17,19). The summed E-state index contributed by atoms with van der Waals surface area (Å²) in [6, 6.07) is 15.2. The Morgan fingerprint density at radius 3 is 2.55 bits per heavy atom. The number of nitrogens with zero attached hydrogens (tertiary/aromatic N) is 1. The van der Waals surface area contributed by atoms with Crippen molar-refractivity contribution < 1.29 is 9.53 Å². The molecule has 20 heavy (non-hydrogen) atoms. The molecule has 0 spiro atoms. The molecule has 0 aliphatic carbocycles. The van der Waals surface area contributed by atoms with Crippen LogP contribution < -0.4 is 10.5 Å². The topological polar surface area (TPSA) is 64.7 Å². The van der Waals surface area contributed by atoms with Gasteiger partial charge in [-0.25, -0.2) is 0 Å². The van der Waals surface area contributed by atoms with Crippen molar-refractivity contribution in [2.45, 2.75) is 6.92 Å². The molecule has 0 aliphatic heterocycles. The van der Waals surface area contributed by atoms with E-state index >= 15 is 0 Å². The summed E-state index contributed by atoms with van der Waals surface area (Å²) in [6.45, 7) is 1.91. The van der Waals surface area contributed by atoms with Crippen LogP contribution in [0.25, 0.3) is 0 Å². The fraction of sp³-hybridized carbons (Fsp3) is 0.125. The number of amides is 1.